The molecule has 0 fully saturated rings. The first-order chi connectivity index (χ1) is 8.16. The highest BCUT2D eigenvalue weighted by atomic mass is 35.5. The summed E-state index contributed by atoms with van der Waals surface area (Å²) in [5.74, 6) is 0.270. The minimum atomic E-state index is -0.296. The van der Waals surface area contributed by atoms with E-state index in [2.05, 4.69) is 10.5 Å². The first kappa shape index (κ1) is 11.9. The van der Waals surface area contributed by atoms with Crippen LogP contribution in [0.4, 0.5) is 0 Å². The number of nitrogens with zero attached hydrogens (tertiary/aromatic N) is 1. The summed E-state index contributed by atoms with van der Waals surface area (Å²) in [4.78, 5) is 12.5. The molecule has 2 aromatic rings. The lowest BCUT2D eigenvalue weighted by atomic mass is 10.2. The molecule has 0 saturated carbocycles. The molecule has 0 spiro atoms. The molecule has 6 heteroatoms. The molecule has 0 aliphatic rings. The van der Waals surface area contributed by atoms with Crippen molar-refractivity contribution in [3.63, 3.8) is 0 Å². The minimum Gasteiger partial charge on any atom is -0.469 e. The van der Waals surface area contributed by atoms with Gasteiger partial charge < -0.3 is 4.42 Å². The van der Waals surface area contributed by atoms with Crippen LogP contribution in [0.1, 0.15) is 21.0 Å². The molecule has 0 aromatic carbocycles. The fraction of sp³-hybridized carbons (Fsp3) is 0.0909. The molecule has 0 unspecified atom stereocenters. The lowest BCUT2D eigenvalue weighted by Crippen LogP contribution is -2.17. The maximum Gasteiger partial charge on any atom is 0.274 e. The highest BCUT2D eigenvalue weighted by Gasteiger charge is 2.09. The number of amides is 1. The van der Waals surface area contributed by atoms with Crippen LogP contribution in [0.15, 0.2) is 34.0 Å². The molecule has 0 radical (unpaired) electrons. The van der Waals surface area contributed by atoms with Crippen molar-refractivity contribution < 1.29 is 9.21 Å². The lowest BCUT2D eigenvalue weighted by molar-refractivity contribution is 0.0953. The van der Waals surface area contributed by atoms with Gasteiger partial charge in [-0.05, 0) is 25.1 Å². The number of halogens is 1. The van der Waals surface area contributed by atoms with Crippen molar-refractivity contribution in [1.82, 2.24) is 5.43 Å². The van der Waals surface area contributed by atoms with Gasteiger partial charge in [0.25, 0.3) is 5.91 Å². The molecule has 0 bridgehead atoms. The normalized spacial score (nSPS) is 10.9. The number of carbonyl (C=O) groups is 1. The average Bonchev–Trinajstić information content (AvgIpc) is 2.87. The standard InChI is InChI=1S/C11H9ClN2O2S/c1-7-9(4-5-16-7)11(15)14-13-6-8-2-3-10(12)17-8/h2-6H,1H3,(H,14,15). The van der Waals surface area contributed by atoms with Crippen molar-refractivity contribution in [3.05, 3.63) is 45.0 Å². The SMILES string of the molecule is Cc1occc1C(=O)NN=Cc1ccc(Cl)s1. The predicted molar refractivity (Wildman–Crippen MR) is 67.8 cm³/mol. The van der Waals surface area contributed by atoms with Gasteiger partial charge in [-0.2, -0.15) is 5.10 Å². The molecule has 1 N–H and O–H groups in total. The molecule has 2 heterocycles. The monoisotopic (exact) mass is 268 g/mol. The zero-order valence-corrected chi connectivity index (χ0v) is 10.5. The Morgan fingerprint density at radius 2 is 2.35 bits per heavy atom. The molecular weight excluding hydrogens is 260 g/mol. The number of hydrogen-bond acceptors (Lipinski definition) is 4. The third kappa shape index (κ3) is 2.95. The summed E-state index contributed by atoms with van der Waals surface area (Å²) in [7, 11) is 0. The van der Waals surface area contributed by atoms with Gasteiger partial charge in [-0.1, -0.05) is 11.6 Å². The molecule has 17 heavy (non-hydrogen) atoms. The van der Waals surface area contributed by atoms with Gasteiger partial charge in [0.1, 0.15) is 5.76 Å². The summed E-state index contributed by atoms with van der Waals surface area (Å²) in [6.07, 6.45) is 3.01. The first-order valence-electron chi connectivity index (χ1n) is 4.79. The van der Waals surface area contributed by atoms with E-state index in [-0.39, 0.29) is 5.91 Å². The summed E-state index contributed by atoms with van der Waals surface area (Å²) < 4.78 is 5.71. The van der Waals surface area contributed by atoms with Crippen LogP contribution in [0.2, 0.25) is 4.34 Å². The number of carbonyl (C=O) groups excluding carboxylic acids is 1. The molecule has 1 amide bonds. The molecule has 88 valence electrons. The number of aryl methyl sites for hydroxylation is 1. The van der Waals surface area contributed by atoms with Gasteiger partial charge in [0.05, 0.1) is 22.4 Å². The molecule has 0 aliphatic heterocycles. The Bertz CT molecular complexity index is 559. The molecule has 0 aliphatic carbocycles. The fourth-order valence-corrected chi connectivity index (χ4v) is 2.17. The van der Waals surface area contributed by atoms with E-state index in [9.17, 15) is 4.79 Å². The number of furan rings is 1. The van der Waals surface area contributed by atoms with Gasteiger partial charge in [0.2, 0.25) is 0 Å². The van der Waals surface area contributed by atoms with Crippen LogP contribution >= 0.6 is 22.9 Å². The van der Waals surface area contributed by atoms with E-state index in [1.54, 1.807) is 25.3 Å². The van der Waals surface area contributed by atoms with Gasteiger partial charge in [0, 0.05) is 4.88 Å². The summed E-state index contributed by atoms with van der Waals surface area (Å²) in [6, 6.07) is 5.20. The molecule has 4 nitrogen and oxygen atoms in total. The fourth-order valence-electron chi connectivity index (χ4n) is 1.23. The van der Waals surface area contributed by atoms with Gasteiger partial charge in [-0.25, -0.2) is 5.43 Å². The Kier molecular flexibility index (Phi) is 3.61. The van der Waals surface area contributed by atoms with Crippen molar-refractivity contribution in [2.24, 2.45) is 5.10 Å². The second-order valence-corrected chi connectivity index (χ2v) is 4.98. The topological polar surface area (TPSA) is 54.6 Å². The number of rotatable bonds is 3. The number of hydrazone groups is 1. The van der Waals surface area contributed by atoms with Crippen LogP contribution < -0.4 is 5.43 Å². The van der Waals surface area contributed by atoms with Crippen molar-refractivity contribution in [3.8, 4) is 0 Å². The molecular formula is C11H9ClN2O2S. The third-order valence-electron chi connectivity index (χ3n) is 2.06. The Morgan fingerprint density at radius 1 is 1.53 bits per heavy atom. The summed E-state index contributed by atoms with van der Waals surface area (Å²) in [5, 5.41) is 3.84. The van der Waals surface area contributed by atoms with Crippen molar-refractivity contribution in [2.45, 2.75) is 6.92 Å². The second kappa shape index (κ2) is 5.16. The predicted octanol–water partition coefficient (Wildman–Crippen LogP) is 3.07. The smallest absolute Gasteiger partial charge is 0.274 e. The van der Waals surface area contributed by atoms with Crippen LogP contribution in [0, 0.1) is 6.92 Å². The highest BCUT2D eigenvalue weighted by molar-refractivity contribution is 7.17. The van der Waals surface area contributed by atoms with Gasteiger partial charge >= 0.3 is 0 Å². The highest BCUT2D eigenvalue weighted by Crippen LogP contribution is 2.19. The Labute approximate surface area is 107 Å². The van der Waals surface area contributed by atoms with E-state index in [0.717, 1.165) is 4.88 Å². The van der Waals surface area contributed by atoms with E-state index in [1.807, 2.05) is 6.07 Å². The van der Waals surface area contributed by atoms with Crippen LogP contribution in [0.5, 0.6) is 0 Å². The van der Waals surface area contributed by atoms with Gasteiger partial charge in [-0.15, -0.1) is 11.3 Å². The van der Waals surface area contributed by atoms with Crippen molar-refractivity contribution in [1.29, 1.82) is 0 Å². The van der Waals surface area contributed by atoms with E-state index < -0.39 is 0 Å². The van der Waals surface area contributed by atoms with Gasteiger partial charge in [-0.3, -0.25) is 4.79 Å². The quantitative estimate of drug-likeness (QED) is 0.687. The zero-order valence-electron chi connectivity index (χ0n) is 8.94. The molecule has 0 atom stereocenters. The maximum atomic E-state index is 11.6. The van der Waals surface area contributed by atoms with Crippen LogP contribution in [-0.2, 0) is 0 Å². The van der Waals surface area contributed by atoms with E-state index >= 15 is 0 Å². The number of thiophene rings is 1. The Balaban J connectivity index is 1.97. The largest absolute Gasteiger partial charge is 0.469 e. The van der Waals surface area contributed by atoms with Gasteiger partial charge in [0.15, 0.2) is 0 Å². The number of nitrogens with one attached hydrogen (secondary N) is 1. The number of hydrogen-bond donors (Lipinski definition) is 1. The third-order valence-corrected chi connectivity index (χ3v) is 3.22. The summed E-state index contributed by atoms with van der Waals surface area (Å²) in [6.45, 7) is 1.72. The van der Waals surface area contributed by atoms with Crippen molar-refractivity contribution >= 4 is 35.1 Å². The summed E-state index contributed by atoms with van der Waals surface area (Å²) >= 11 is 7.15. The zero-order chi connectivity index (χ0) is 12.3. The molecule has 0 saturated heterocycles. The van der Waals surface area contributed by atoms with E-state index in [1.165, 1.54) is 17.6 Å². The minimum absolute atomic E-state index is 0.296. The second-order valence-electron chi connectivity index (χ2n) is 3.23. The first-order valence-corrected chi connectivity index (χ1v) is 5.99. The molecule has 2 rings (SSSR count). The van der Waals surface area contributed by atoms with Crippen LogP contribution in [0.3, 0.4) is 0 Å². The van der Waals surface area contributed by atoms with E-state index in [4.69, 9.17) is 16.0 Å². The average molecular weight is 269 g/mol. The maximum absolute atomic E-state index is 11.6. The van der Waals surface area contributed by atoms with Crippen LogP contribution in [0.25, 0.3) is 0 Å². The van der Waals surface area contributed by atoms with Crippen LogP contribution in [-0.4, -0.2) is 12.1 Å². The van der Waals surface area contributed by atoms with E-state index in [0.29, 0.717) is 15.7 Å². The molecule has 2 aromatic heterocycles. The lowest BCUT2D eigenvalue weighted by Gasteiger charge is -1.96. The summed E-state index contributed by atoms with van der Waals surface area (Å²) in [5.41, 5.74) is 2.90. The Morgan fingerprint density at radius 3 is 2.94 bits per heavy atom. The van der Waals surface area contributed by atoms with Crippen molar-refractivity contribution in [2.75, 3.05) is 0 Å². The Hall–Kier alpha value is -1.59.